The fourth-order valence-electron chi connectivity index (χ4n) is 0.657. The van der Waals surface area contributed by atoms with Crippen LogP contribution < -0.4 is 5.73 Å². The van der Waals surface area contributed by atoms with Crippen LogP contribution in [0.15, 0.2) is 18.3 Å². The van der Waals surface area contributed by atoms with Gasteiger partial charge in [-0.1, -0.05) is 0 Å². The van der Waals surface area contributed by atoms with Gasteiger partial charge < -0.3 is 5.73 Å². The minimum Gasteiger partial charge on any atom is -0.383 e. The number of hydrogen-bond acceptors (Lipinski definition) is 2. The molecule has 0 aliphatic rings. The molecule has 1 rings (SSSR count). The number of nitrogen functional groups attached to an aromatic ring is 1. The monoisotopic (exact) mass is 234 g/mol. The van der Waals surface area contributed by atoms with Gasteiger partial charge in [0.1, 0.15) is 5.82 Å². The molecule has 0 fully saturated rings. The van der Waals surface area contributed by atoms with Crippen LogP contribution in [0, 0.1) is 0 Å². The van der Waals surface area contributed by atoms with Crippen molar-refractivity contribution >= 4 is 30.6 Å². The van der Waals surface area contributed by atoms with Gasteiger partial charge in [0.25, 0.3) is 0 Å². The van der Waals surface area contributed by atoms with Gasteiger partial charge in [-0.3, -0.25) is 0 Å². The van der Waals surface area contributed by atoms with Gasteiger partial charge in [-0.15, -0.1) is 24.8 Å². The van der Waals surface area contributed by atoms with Crippen LogP contribution in [0.3, 0.4) is 0 Å². The van der Waals surface area contributed by atoms with Crippen molar-refractivity contribution in [2.75, 3.05) is 5.73 Å². The van der Waals surface area contributed by atoms with Gasteiger partial charge in [0.2, 0.25) is 0 Å². The van der Waals surface area contributed by atoms with Crippen molar-refractivity contribution in [3.05, 3.63) is 23.9 Å². The largest absolute Gasteiger partial charge is 0.419 e. The van der Waals surface area contributed by atoms with E-state index in [-0.39, 0.29) is 24.8 Å². The summed E-state index contributed by atoms with van der Waals surface area (Å²) >= 11 is 0. The number of nitrogens with two attached hydrogens (primary N) is 1. The van der Waals surface area contributed by atoms with Gasteiger partial charge >= 0.3 is 6.18 Å². The molecule has 0 radical (unpaired) electrons. The zero-order valence-electron chi connectivity index (χ0n) is 6.21. The molecular weight excluding hydrogens is 228 g/mol. The van der Waals surface area contributed by atoms with E-state index in [1.807, 2.05) is 0 Å². The lowest BCUT2D eigenvalue weighted by Crippen LogP contribution is -2.09. The average molecular weight is 235 g/mol. The fraction of sp³-hybridized carbons (Fsp3) is 0.167. The Hall–Kier alpha value is -0.680. The molecule has 1 aromatic heterocycles. The molecule has 0 spiro atoms. The predicted octanol–water partition coefficient (Wildman–Crippen LogP) is 2.53. The number of halogens is 5. The molecule has 0 atom stereocenters. The number of rotatable bonds is 0. The zero-order valence-corrected chi connectivity index (χ0v) is 7.84. The molecule has 2 nitrogen and oxygen atoms in total. The first-order valence-electron chi connectivity index (χ1n) is 2.79. The summed E-state index contributed by atoms with van der Waals surface area (Å²) in [6.07, 6.45) is -3.19. The first-order valence-corrected chi connectivity index (χ1v) is 2.79. The van der Waals surface area contributed by atoms with Crippen LogP contribution in [0.4, 0.5) is 19.0 Å². The average Bonchev–Trinajstić information content (AvgIpc) is 1.86. The van der Waals surface area contributed by atoms with Gasteiger partial charge in [0, 0.05) is 6.20 Å². The van der Waals surface area contributed by atoms with Crippen LogP contribution in [0.2, 0.25) is 0 Å². The fourth-order valence-corrected chi connectivity index (χ4v) is 0.657. The van der Waals surface area contributed by atoms with Crippen LogP contribution >= 0.6 is 24.8 Å². The van der Waals surface area contributed by atoms with Crippen LogP contribution in [0.1, 0.15) is 5.56 Å². The molecule has 0 saturated carbocycles. The highest BCUT2D eigenvalue weighted by Gasteiger charge is 2.33. The molecule has 0 bridgehead atoms. The highest BCUT2D eigenvalue weighted by molar-refractivity contribution is 5.85. The lowest BCUT2D eigenvalue weighted by Gasteiger charge is -2.06. The minimum absolute atomic E-state index is 0. The number of pyridine rings is 1. The summed E-state index contributed by atoms with van der Waals surface area (Å²) in [6, 6.07) is 2.08. The van der Waals surface area contributed by atoms with Crippen molar-refractivity contribution in [2.45, 2.75) is 6.18 Å². The van der Waals surface area contributed by atoms with E-state index >= 15 is 0 Å². The number of hydrogen-bond donors (Lipinski definition) is 1. The van der Waals surface area contributed by atoms with Gasteiger partial charge in [-0.25, -0.2) is 4.98 Å². The molecule has 0 amide bonds. The Morgan fingerprint density at radius 3 is 2.08 bits per heavy atom. The van der Waals surface area contributed by atoms with Gasteiger partial charge in [-0.2, -0.15) is 13.2 Å². The highest BCUT2D eigenvalue weighted by Crippen LogP contribution is 2.31. The van der Waals surface area contributed by atoms with Crippen molar-refractivity contribution < 1.29 is 13.2 Å². The third-order valence-corrected chi connectivity index (χ3v) is 1.14. The highest BCUT2D eigenvalue weighted by atomic mass is 35.5. The van der Waals surface area contributed by atoms with Gasteiger partial charge in [-0.05, 0) is 12.1 Å². The molecule has 7 heteroatoms. The van der Waals surface area contributed by atoms with Crippen molar-refractivity contribution in [3.63, 3.8) is 0 Å². The van der Waals surface area contributed by atoms with Crippen LogP contribution in [-0.4, -0.2) is 4.98 Å². The molecule has 2 N–H and O–H groups in total. The van der Waals surface area contributed by atoms with E-state index in [9.17, 15) is 13.2 Å². The smallest absolute Gasteiger partial charge is 0.383 e. The Balaban J connectivity index is 0. The van der Waals surface area contributed by atoms with Gasteiger partial charge in [0.05, 0.1) is 5.56 Å². The van der Waals surface area contributed by atoms with E-state index in [1.165, 1.54) is 12.3 Å². The SMILES string of the molecule is Cl.Cl.Nc1ncccc1C(F)(F)F. The third kappa shape index (κ3) is 3.69. The lowest BCUT2D eigenvalue weighted by atomic mass is 10.2. The van der Waals surface area contributed by atoms with Crippen molar-refractivity contribution in [3.8, 4) is 0 Å². The maximum atomic E-state index is 11.9. The normalized spacial score (nSPS) is 9.77. The molecule has 76 valence electrons. The minimum atomic E-state index is -4.40. The summed E-state index contributed by atoms with van der Waals surface area (Å²) in [4.78, 5) is 3.30. The van der Waals surface area contributed by atoms with Crippen molar-refractivity contribution in [1.29, 1.82) is 0 Å². The summed E-state index contributed by atoms with van der Waals surface area (Å²) in [5.74, 6) is -0.486. The Kier molecular flexibility index (Phi) is 5.86. The second-order valence-corrected chi connectivity index (χ2v) is 1.93. The Morgan fingerprint density at radius 1 is 1.23 bits per heavy atom. The first kappa shape index (κ1) is 14.8. The molecule has 13 heavy (non-hydrogen) atoms. The maximum Gasteiger partial charge on any atom is 0.419 e. The second kappa shape index (κ2) is 5.14. The molecule has 0 aliphatic carbocycles. The van der Waals surface area contributed by atoms with E-state index in [0.717, 1.165) is 6.07 Å². The molecular formula is C6H7Cl2F3N2. The predicted molar refractivity (Wildman–Crippen MR) is 48.1 cm³/mol. The number of anilines is 1. The Labute approximate surface area is 85.2 Å². The van der Waals surface area contributed by atoms with Gasteiger partial charge in [0.15, 0.2) is 0 Å². The molecule has 0 aromatic carbocycles. The maximum absolute atomic E-state index is 11.9. The van der Waals surface area contributed by atoms with E-state index < -0.39 is 17.6 Å². The molecule has 0 saturated heterocycles. The van der Waals surface area contributed by atoms with E-state index in [4.69, 9.17) is 5.73 Å². The number of alkyl halides is 3. The topological polar surface area (TPSA) is 38.9 Å². The van der Waals surface area contributed by atoms with Crippen LogP contribution in [0.5, 0.6) is 0 Å². The van der Waals surface area contributed by atoms with Crippen LogP contribution in [0.25, 0.3) is 0 Å². The van der Waals surface area contributed by atoms with Crippen molar-refractivity contribution in [2.24, 2.45) is 0 Å². The molecule has 0 aliphatic heterocycles. The first-order chi connectivity index (χ1) is 5.02. The summed E-state index contributed by atoms with van der Waals surface area (Å²) in [5, 5.41) is 0. The second-order valence-electron chi connectivity index (χ2n) is 1.93. The van der Waals surface area contributed by atoms with E-state index in [2.05, 4.69) is 4.98 Å². The standard InChI is InChI=1S/C6H5F3N2.2ClH/c7-6(8,9)4-2-1-3-11-5(4)10;;/h1-3H,(H2,10,11);2*1H. The molecule has 1 heterocycles. The number of aromatic nitrogens is 1. The Morgan fingerprint density at radius 2 is 1.77 bits per heavy atom. The van der Waals surface area contributed by atoms with Crippen molar-refractivity contribution in [1.82, 2.24) is 4.98 Å². The summed E-state index contributed by atoms with van der Waals surface area (Å²) in [5.41, 5.74) is 4.09. The number of nitrogens with zero attached hydrogens (tertiary/aromatic N) is 1. The summed E-state index contributed by atoms with van der Waals surface area (Å²) < 4.78 is 35.8. The zero-order chi connectivity index (χ0) is 8.48. The van der Waals surface area contributed by atoms with E-state index in [1.54, 1.807) is 0 Å². The lowest BCUT2D eigenvalue weighted by molar-refractivity contribution is -0.137. The summed E-state index contributed by atoms with van der Waals surface area (Å²) in [7, 11) is 0. The molecule has 0 unspecified atom stereocenters. The summed E-state index contributed by atoms with van der Waals surface area (Å²) in [6.45, 7) is 0. The quantitative estimate of drug-likeness (QED) is 0.750. The molecule has 1 aromatic rings. The third-order valence-electron chi connectivity index (χ3n) is 1.14. The van der Waals surface area contributed by atoms with E-state index in [0.29, 0.717) is 0 Å². The van der Waals surface area contributed by atoms with Crippen LogP contribution in [-0.2, 0) is 6.18 Å². The Bertz CT molecular complexity index is 264.